The van der Waals surface area contributed by atoms with Gasteiger partial charge in [0, 0.05) is 51.8 Å². The molecule has 3 aliphatic heterocycles. The van der Waals surface area contributed by atoms with Gasteiger partial charge in [-0.05, 0) is 89.3 Å². The van der Waals surface area contributed by atoms with Crippen LogP contribution in [0.3, 0.4) is 0 Å². The van der Waals surface area contributed by atoms with Gasteiger partial charge in [-0.2, -0.15) is 5.10 Å². The predicted octanol–water partition coefficient (Wildman–Crippen LogP) is 3.91. The van der Waals surface area contributed by atoms with Crippen LogP contribution in [0.2, 0.25) is 0 Å². The molecule has 3 aromatic carbocycles. The van der Waals surface area contributed by atoms with Crippen LogP contribution in [-0.4, -0.2) is 93.3 Å². The van der Waals surface area contributed by atoms with E-state index < -0.39 is 29.7 Å². The lowest BCUT2D eigenvalue weighted by molar-refractivity contribution is -0.136. The van der Waals surface area contributed by atoms with Crippen LogP contribution in [0.15, 0.2) is 82.2 Å². The van der Waals surface area contributed by atoms with Crippen molar-refractivity contribution in [2.45, 2.75) is 43.8 Å². The maximum Gasteiger partial charge on any atom is 0.282 e. The van der Waals surface area contributed by atoms with Crippen molar-refractivity contribution in [2.75, 3.05) is 32.5 Å². The van der Waals surface area contributed by atoms with E-state index in [2.05, 4.69) is 43.6 Å². The third kappa shape index (κ3) is 7.28. The number of piperidine rings is 2. The highest BCUT2D eigenvalue weighted by Crippen LogP contribution is 2.36. The highest BCUT2D eigenvalue weighted by atomic mass is 79.9. The number of amides is 5. The molecule has 0 aliphatic carbocycles. The highest BCUT2D eigenvalue weighted by molar-refractivity contribution is 9.10. The number of likely N-dealkylation sites (tertiary alicyclic amines) is 1. The number of aromatic nitrogens is 2. The number of imide groups is 2. The van der Waals surface area contributed by atoms with Crippen molar-refractivity contribution in [1.82, 2.24) is 29.8 Å². The zero-order valence-corrected chi connectivity index (χ0v) is 31.5. The lowest BCUT2D eigenvalue weighted by Crippen LogP contribution is -2.54. The van der Waals surface area contributed by atoms with Gasteiger partial charge in [-0.1, -0.05) is 30.3 Å². The second kappa shape index (κ2) is 15.0. The molecule has 278 valence electrons. The number of carbonyl (C=O) groups is 5. The summed E-state index contributed by atoms with van der Waals surface area (Å²) in [7, 11) is 5.42. The number of ether oxygens (including phenoxy) is 1. The van der Waals surface area contributed by atoms with E-state index in [1.165, 1.54) is 10.7 Å². The van der Waals surface area contributed by atoms with Crippen molar-refractivity contribution in [1.29, 1.82) is 0 Å². The van der Waals surface area contributed by atoms with Gasteiger partial charge in [0.1, 0.15) is 22.0 Å². The Bertz CT molecular complexity index is 2220. The van der Waals surface area contributed by atoms with E-state index in [0.29, 0.717) is 28.0 Å². The molecule has 3 atom stereocenters. The number of nitrogens with one attached hydrogen (secondary N) is 2. The Balaban J connectivity index is 0.964. The SMILES string of the molecule is CN1CC(Nc2cnn(C)c(=O)c2Br)CC(c2ccc(C(=O)N(C)Cc3ccc(Oc4cccc5c4C(=O)N(C4CCC(=O)NC4=O)C5=O)cc3)cc2)C1. The summed E-state index contributed by atoms with van der Waals surface area (Å²) < 4.78 is 7.79. The molecule has 3 aliphatic rings. The lowest BCUT2D eigenvalue weighted by Gasteiger charge is -2.37. The Hall–Kier alpha value is -5.67. The molecule has 3 unspecified atom stereocenters. The molecule has 7 rings (SSSR count). The van der Waals surface area contributed by atoms with Crippen LogP contribution in [0, 0.1) is 0 Å². The molecule has 0 saturated carbocycles. The summed E-state index contributed by atoms with van der Waals surface area (Å²) in [4.78, 5) is 81.2. The zero-order valence-electron chi connectivity index (χ0n) is 29.9. The minimum Gasteiger partial charge on any atom is -0.457 e. The smallest absolute Gasteiger partial charge is 0.282 e. The van der Waals surface area contributed by atoms with Crippen molar-refractivity contribution < 1.29 is 28.7 Å². The first-order valence-corrected chi connectivity index (χ1v) is 18.3. The average Bonchev–Trinajstić information content (AvgIpc) is 3.41. The van der Waals surface area contributed by atoms with E-state index in [1.54, 1.807) is 49.5 Å². The van der Waals surface area contributed by atoms with E-state index in [9.17, 15) is 28.8 Å². The van der Waals surface area contributed by atoms with Crippen LogP contribution in [-0.2, 0) is 23.2 Å². The van der Waals surface area contributed by atoms with Gasteiger partial charge in [0.05, 0.1) is 23.0 Å². The van der Waals surface area contributed by atoms with Crippen LogP contribution in [0.5, 0.6) is 11.5 Å². The molecule has 4 aromatic rings. The van der Waals surface area contributed by atoms with Gasteiger partial charge in [0.2, 0.25) is 11.8 Å². The Kier molecular flexibility index (Phi) is 10.2. The normalized spacial score (nSPS) is 20.1. The lowest BCUT2D eigenvalue weighted by atomic mass is 9.87. The number of anilines is 1. The summed E-state index contributed by atoms with van der Waals surface area (Å²) in [5.74, 6) is -1.70. The van der Waals surface area contributed by atoms with Gasteiger partial charge in [0.25, 0.3) is 23.3 Å². The first kappa shape index (κ1) is 36.7. The fourth-order valence-electron chi connectivity index (χ4n) is 7.32. The van der Waals surface area contributed by atoms with E-state index >= 15 is 0 Å². The van der Waals surface area contributed by atoms with Gasteiger partial charge in [0.15, 0.2) is 0 Å². The van der Waals surface area contributed by atoms with Gasteiger partial charge in [-0.15, -0.1) is 0 Å². The number of halogens is 1. The molecule has 15 heteroatoms. The average molecular weight is 797 g/mol. The molecule has 2 fully saturated rings. The van der Waals surface area contributed by atoms with Crippen molar-refractivity contribution in [3.05, 3.63) is 116 Å². The number of hydrogen-bond acceptors (Lipinski definition) is 10. The van der Waals surface area contributed by atoms with Crippen molar-refractivity contribution in [3.8, 4) is 11.5 Å². The summed E-state index contributed by atoms with van der Waals surface area (Å²) in [6.45, 7) is 2.01. The topological polar surface area (TPSA) is 163 Å². The largest absolute Gasteiger partial charge is 0.457 e. The molecule has 0 radical (unpaired) electrons. The molecule has 5 amide bonds. The van der Waals surface area contributed by atoms with Crippen LogP contribution in [0.4, 0.5) is 5.69 Å². The van der Waals surface area contributed by atoms with E-state index in [4.69, 9.17) is 4.74 Å². The number of benzene rings is 3. The fourth-order valence-corrected chi connectivity index (χ4v) is 7.79. The number of hydrogen-bond donors (Lipinski definition) is 2. The molecule has 14 nitrogen and oxygen atoms in total. The molecule has 0 spiro atoms. The first-order valence-electron chi connectivity index (χ1n) is 17.5. The van der Waals surface area contributed by atoms with Crippen LogP contribution >= 0.6 is 15.9 Å². The standard InChI is InChI=1S/C39H38BrN7O7/c1-44-20-25(17-26(21-44)42-29-18-41-46(3)39(53)34(29)40)23-9-11-24(12-10-23)36(50)45(2)19-22-7-13-27(14-8-22)54-31-6-4-5-28-33(31)38(52)47(37(28)51)30-15-16-32(48)43-35(30)49/h4-14,18,25-26,30,42H,15-17,19-21H2,1-3H3,(H,43,48,49). The summed E-state index contributed by atoms with van der Waals surface area (Å²) in [6.07, 6.45) is 2.59. The third-order valence-electron chi connectivity index (χ3n) is 10.0. The molecule has 2 N–H and O–H groups in total. The summed E-state index contributed by atoms with van der Waals surface area (Å²) in [6, 6.07) is 18.5. The molecule has 0 bridgehead atoms. The zero-order chi connectivity index (χ0) is 38.3. The van der Waals surface area contributed by atoms with E-state index in [1.807, 2.05) is 36.4 Å². The number of carbonyl (C=O) groups excluding carboxylic acids is 5. The molecular weight excluding hydrogens is 758 g/mol. The monoisotopic (exact) mass is 795 g/mol. The fraction of sp³-hybridized carbons (Fsp3) is 0.308. The van der Waals surface area contributed by atoms with Gasteiger partial charge in [-0.25, -0.2) is 4.68 Å². The second-order valence-electron chi connectivity index (χ2n) is 14.0. The highest BCUT2D eigenvalue weighted by Gasteiger charge is 2.46. The van der Waals surface area contributed by atoms with Gasteiger partial charge in [-0.3, -0.25) is 39.0 Å². The molecule has 4 heterocycles. The summed E-state index contributed by atoms with van der Waals surface area (Å²) in [5, 5.41) is 9.81. The molecule has 2 saturated heterocycles. The van der Waals surface area contributed by atoms with Gasteiger partial charge < -0.3 is 19.9 Å². The maximum absolute atomic E-state index is 13.4. The predicted molar refractivity (Wildman–Crippen MR) is 201 cm³/mol. The second-order valence-corrected chi connectivity index (χ2v) is 14.7. The van der Waals surface area contributed by atoms with Crippen molar-refractivity contribution >= 4 is 51.2 Å². The van der Waals surface area contributed by atoms with Crippen LogP contribution in [0.25, 0.3) is 0 Å². The first-order chi connectivity index (χ1) is 25.9. The summed E-state index contributed by atoms with van der Waals surface area (Å²) in [5.41, 5.74) is 3.20. The van der Waals surface area contributed by atoms with Gasteiger partial charge >= 0.3 is 0 Å². The van der Waals surface area contributed by atoms with E-state index in [0.717, 1.165) is 35.5 Å². The Morgan fingerprint density at radius 3 is 2.44 bits per heavy atom. The molecular formula is C39H38BrN7O7. The number of aryl methyl sites for hydroxylation is 1. The number of likely N-dealkylation sites (N-methyl/N-ethyl adjacent to an activating group) is 1. The quantitative estimate of drug-likeness (QED) is 0.238. The minimum atomic E-state index is -1.07. The summed E-state index contributed by atoms with van der Waals surface area (Å²) >= 11 is 3.40. The van der Waals surface area contributed by atoms with Crippen LogP contribution < -0.4 is 20.9 Å². The number of nitrogens with zero attached hydrogens (tertiary/aromatic N) is 5. The molecule has 54 heavy (non-hydrogen) atoms. The van der Waals surface area contributed by atoms with Crippen LogP contribution in [0.1, 0.15) is 67.4 Å². The number of fused-ring (bicyclic) bond motifs is 1. The Morgan fingerprint density at radius 1 is 0.981 bits per heavy atom. The van der Waals surface area contributed by atoms with Crippen molar-refractivity contribution in [3.63, 3.8) is 0 Å². The third-order valence-corrected chi connectivity index (χ3v) is 10.8. The number of rotatable bonds is 9. The maximum atomic E-state index is 13.4. The Morgan fingerprint density at radius 2 is 1.72 bits per heavy atom. The van der Waals surface area contributed by atoms with Crippen molar-refractivity contribution in [2.24, 2.45) is 7.05 Å². The Labute approximate surface area is 319 Å². The minimum absolute atomic E-state index is 0.0306. The van der Waals surface area contributed by atoms with E-state index in [-0.39, 0.29) is 53.1 Å². The molecule has 1 aromatic heterocycles.